The van der Waals surface area contributed by atoms with E-state index in [9.17, 15) is 8.42 Å². The van der Waals surface area contributed by atoms with Crippen LogP contribution < -0.4 is 9.64 Å². The Balaban J connectivity index is 1.86. The van der Waals surface area contributed by atoms with Gasteiger partial charge < -0.3 is 14.2 Å². The summed E-state index contributed by atoms with van der Waals surface area (Å²) in [7, 11) is -3.50. The number of rotatable bonds is 11. The molecule has 0 N–H and O–H groups in total. The van der Waals surface area contributed by atoms with Crippen LogP contribution >= 0.6 is 0 Å². The van der Waals surface area contributed by atoms with Gasteiger partial charge in [-0.2, -0.15) is 13.4 Å². The van der Waals surface area contributed by atoms with Crippen LogP contribution in [0.5, 0.6) is 5.75 Å². The molecule has 0 fully saturated rings. The second-order valence-corrected chi connectivity index (χ2v) is 9.44. The lowest BCUT2D eigenvalue weighted by Gasteiger charge is -2.18. The van der Waals surface area contributed by atoms with Gasteiger partial charge in [-0.25, -0.2) is 9.97 Å². The van der Waals surface area contributed by atoms with Gasteiger partial charge in [0.25, 0.3) is 16.0 Å². The first-order valence-corrected chi connectivity index (χ1v) is 13.0. The molecule has 0 atom stereocenters. The van der Waals surface area contributed by atoms with Crippen LogP contribution in [0.2, 0.25) is 0 Å². The highest BCUT2D eigenvalue weighted by molar-refractivity contribution is 7.85. The maximum atomic E-state index is 11.1. The highest BCUT2D eigenvalue weighted by Gasteiger charge is 2.18. The molecule has 3 rings (SSSR count). The number of nitrogens with zero attached hydrogens (tertiary/aromatic N) is 5. The summed E-state index contributed by atoms with van der Waals surface area (Å²) in [5.74, 6) is 2.09. The van der Waals surface area contributed by atoms with E-state index in [4.69, 9.17) is 13.4 Å². The predicted octanol–water partition coefficient (Wildman–Crippen LogP) is 3.57. The van der Waals surface area contributed by atoms with Crippen molar-refractivity contribution in [2.24, 2.45) is 0 Å². The topological polar surface area (TPSA) is 121 Å². The normalized spacial score (nSPS) is 11.6. The van der Waals surface area contributed by atoms with Gasteiger partial charge in [0.1, 0.15) is 24.7 Å². The Morgan fingerprint density at radius 2 is 1.74 bits per heavy atom. The fraction of sp³-hybridized carbons (Fsp3) is 0.478. The predicted molar refractivity (Wildman–Crippen MR) is 129 cm³/mol. The van der Waals surface area contributed by atoms with Gasteiger partial charge in [-0.05, 0) is 63.4 Å². The van der Waals surface area contributed by atoms with Crippen molar-refractivity contribution in [2.45, 2.75) is 41.0 Å². The fourth-order valence-corrected chi connectivity index (χ4v) is 3.90. The van der Waals surface area contributed by atoms with Crippen LogP contribution in [-0.2, 0) is 20.7 Å². The number of anilines is 1. The van der Waals surface area contributed by atoms with E-state index in [2.05, 4.69) is 38.9 Å². The molecule has 3 aromatic rings. The third-order valence-electron chi connectivity index (χ3n) is 5.15. The Kier molecular flexibility index (Phi) is 8.21. The monoisotopic (exact) mass is 489 g/mol. The lowest BCUT2D eigenvalue weighted by atomic mass is 10.0. The summed E-state index contributed by atoms with van der Waals surface area (Å²) in [6.45, 7) is 11.6. The van der Waals surface area contributed by atoms with Crippen molar-refractivity contribution in [1.82, 2.24) is 20.1 Å². The smallest absolute Gasteiger partial charge is 0.277 e. The molecule has 2 aromatic heterocycles. The van der Waals surface area contributed by atoms with Crippen molar-refractivity contribution < 1.29 is 21.9 Å². The zero-order valence-electron chi connectivity index (χ0n) is 20.5. The van der Waals surface area contributed by atoms with Crippen LogP contribution in [0.25, 0.3) is 23.0 Å². The number of hydrogen-bond donors (Lipinski definition) is 0. The van der Waals surface area contributed by atoms with Gasteiger partial charge in [-0.1, -0.05) is 12.1 Å². The Morgan fingerprint density at radius 3 is 2.38 bits per heavy atom. The van der Waals surface area contributed by atoms with Crippen LogP contribution in [0.15, 0.2) is 22.7 Å². The molecular formula is C23H31N5O5S. The second kappa shape index (κ2) is 10.9. The van der Waals surface area contributed by atoms with Gasteiger partial charge in [0, 0.05) is 24.3 Å². The first-order chi connectivity index (χ1) is 16.1. The molecule has 1 aromatic carbocycles. The van der Waals surface area contributed by atoms with Crippen molar-refractivity contribution in [2.75, 3.05) is 37.5 Å². The molecular weight excluding hydrogens is 458 g/mol. The van der Waals surface area contributed by atoms with E-state index < -0.39 is 10.1 Å². The number of benzene rings is 1. The van der Waals surface area contributed by atoms with Crippen molar-refractivity contribution >= 4 is 16.1 Å². The number of aryl methyl sites for hydroxylation is 3. The van der Waals surface area contributed by atoms with Gasteiger partial charge >= 0.3 is 0 Å². The maximum absolute atomic E-state index is 11.1. The fourth-order valence-electron chi connectivity index (χ4n) is 3.53. The molecule has 34 heavy (non-hydrogen) atoms. The molecule has 10 nitrogen and oxygen atoms in total. The zero-order chi connectivity index (χ0) is 24.9. The number of aromatic nitrogens is 4. The molecule has 11 heteroatoms. The summed E-state index contributed by atoms with van der Waals surface area (Å²) >= 11 is 0. The molecule has 0 spiro atoms. The largest absolute Gasteiger partial charge is 0.491 e. The van der Waals surface area contributed by atoms with E-state index in [0.717, 1.165) is 41.7 Å². The third-order valence-corrected chi connectivity index (χ3v) is 5.75. The Bertz CT molecular complexity index is 1240. The molecule has 0 saturated heterocycles. The van der Waals surface area contributed by atoms with Crippen LogP contribution in [-0.4, -0.2) is 61.1 Å². The van der Waals surface area contributed by atoms with Gasteiger partial charge in [-0.3, -0.25) is 4.18 Å². The lowest BCUT2D eigenvalue weighted by Crippen LogP contribution is -2.24. The summed E-state index contributed by atoms with van der Waals surface area (Å²) in [6, 6.07) is 5.68. The summed E-state index contributed by atoms with van der Waals surface area (Å²) < 4.78 is 38.4. The minimum Gasteiger partial charge on any atom is -0.491 e. The van der Waals surface area contributed by atoms with Crippen LogP contribution in [0.1, 0.15) is 37.6 Å². The second-order valence-electron chi connectivity index (χ2n) is 7.80. The van der Waals surface area contributed by atoms with E-state index in [1.54, 1.807) is 0 Å². The summed E-state index contributed by atoms with van der Waals surface area (Å²) in [6.07, 6.45) is 1.72. The molecule has 184 valence electrons. The highest BCUT2D eigenvalue weighted by atomic mass is 32.2. The molecule has 0 aliphatic carbocycles. The van der Waals surface area contributed by atoms with Crippen molar-refractivity contribution in [3.8, 4) is 28.7 Å². The number of hydrogen-bond acceptors (Lipinski definition) is 10. The van der Waals surface area contributed by atoms with Gasteiger partial charge in [-0.15, -0.1) is 0 Å². The average molecular weight is 490 g/mol. The first-order valence-electron chi connectivity index (χ1n) is 11.2. The molecule has 0 saturated carbocycles. The molecule has 2 heterocycles. The maximum Gasteiger partial charge on any atom is 0.277 e. The quantitative estimate of drug-likeness (QED) is 0.292. The van der Waals surface area contributed by atoms with E-state index in [0.29, 0.717) is 35.5 Å². The SMILES string of the molecule is CCc1cc(-c2noc(-c3cc(C)nc(N(CC)CC)n3)n2)cc(C)c1OCCOS(C)(=O)=O. The van der Waals surface area contributed by atoms with Crippen LogP contribution in [0.4, 0.5) is 5.95 Å². The van der Waals surface area contributed by atoms with E-state index in [-0.39, 0.29) is 13.2 Å². The average Bonchev–Trinajstić information content (AvgIpc) is 3.27. The minimum absolute atomic E-state index is 0.0504. The third kappa shape index (κ3) is 6.29. The van der Waals surface area contributed by atoms with Crippen LogP contribution in [0, 0.1) is 13.8 Å². The molecule has 0 unspecified atom stereocenters. The standard InChI is InChI=1S/C23H31N5O5S/c1-7-17-14-18(12-15(4)20(17)31-10-11-32-34(6,29)30)21-26-22(33-27-21)19-13-16(5)24-23(25-19)28(8-2)9-3/h12-14H,7-11H2,1-6H3. The van der Waals surface area contributed by atoms with Crippen molar-refractivity contribution in [3.05, 3.63) is 35.0 Å². The zero-order valence-corrected chi connectivity index (χ0v) is 21.3. The molecule has 0 aliphatic rings. The Hall–Kier alpha value is -3.05. The summed E-state index contributed by atoms with van der Waals surface area (Å²) in [5, 5.41) is 4.17. The van der Waals surface area contributed by atoms with Crippen LogP contribution in [0.3, 0.4) is 0 Å². The minimum atomic E-state index is -3.50. The Labute approximate surface area is 200 Å². The molecule has 0 aliphatic heterocycles. The summed E-state index contributed by atoms with van der Waals surface area (Å²) in [4.78, 5) is 15.8. The van der Waals surface area contributed by atoms with Gasteiger partial charge in [0.15, 0.2) is 0 Å². The molecule has 0 amide bonds. The highest BCUT2D eigenvalue weighted by Crippen LogP contribution is 2.31. The summed E-state index contributed by atoms with van der Waals surface area (Å²) in [5.41, 5.74) is 4.01. The molecule has 0 bridgehead atoms. The molecule has 0 radical (unpaired) electrons. The lowest BCUT2D eigenvalue weighted by molar-refractivity contribution is 0.220. The van der Waals surface area contributed by atoms with E-state index in [1.807, 2.05) is 39.0 Å². The van der Waals surface area contributed by atoms with E-state index in [1.165, 1.54) is 0 Å². The van der Waals surface area contributed by atoms with Gasteiger partial charge in [0.05, 0.1) is 6.26 Å². The van der Waals surface area contributed by atoms with E-state index >= 15 is 0 Å². The Morgan fingerprint density at radius 1 is 1.00 bits per heavy atom. The van der Waals surface area contributed by atoms with Crippen molar-refractivity contribution in [1.29, 1.82) is 0 Å². The van der Waals surface area contributed by atoms with Crippen molar-refractivity contribution in [3.63, 3.8) is 0 Å². The first kappa shape index (κ1) is 25.6. The van der Waals surface area contributed by atoms with Gasteiger partial charge in [0.2, 0.25) is 11.8 Å². The number of ether oxygens (including phenoxy) is 1.